The lowest BCUT2D eigenvalue weighted by molar-refractivity contribution is -0.122. The molecule has 4 aromatic rings. The Balaban J connectivity index is 1.30. The maximum Gasteiger partial charge on any atom is 0.297 e. The van der Waals surface area contributed by atoms with Gasteiger partial charge in [-0.3, -0.25) is 19.1 Å². The lowest BCUT2D eigenvalue weighted by Gasteiger charge is -2.36. The molecule has 1 N–H and O–H groups in total. The summed E-state index contributed by atoms with van der Waals surface area (Å²) >= 11 is 1.72. The molecule has 0 radical (unpaired) electrons. The van der Waals surface area contributed by atoms with Gasteiger partial charge in [0.15, 0.2) is 0 Å². The van der Waals surface area contributed by atoms with Crippen LogP contribution in [0, 0.1) is 5.92 Å². The fourth-order valence-corrected chi connectivity index (χ4v) is 5.24. The Kier molecular flexibility index (Phi) is 5.80. The Morgan fingerprint density at radius 3 is 2.84 bits per heavy atom. The molecule has 0 aliphatic carbocycles. The van der Waals surface area contributed by atoms with E-state index in [1.54, 1.807) is 17.4 Å². The van der Waals surface area contributed by atoms with E-state index >= 15 is 0 Å². The van der Waals surface area contributed by atoms with E-state index in [2.05, 4.69) is 39.6 Å². The van der Waals surface area contributed by atoms with Crippen LogP contribution in [-0.2, 0) is 11.3 Å². The summed E-state index contributed by atoms with van der Waals surface area (Å²) in [7, 11) is 0. The van der Waals surface area contributed by atoms with Crippen LogP contribution >= 0.6 is 11.3 Å². The number of nitrogens with one attached hydrogen (secondary N) is 1. The number of benzene rings is 1. The van der Waals surface area contributed by atoms with E-state index in [1.165, 1.54) is 28.6 Å². The number of para-hydroxylation sites is 1. The first-order valence-electron chi connectivity index (χ1n) is 11.0. The molecule has 1 amide bonds. The fraction of sp³-hybridized carbons (Fsp3) is 0.375. The fourth-order valence-electron chi connectivity index (χ4n) is 4.38. The van der Waals surface area contributed by atoms with E-state index in [0.717, 1.165) is 24.4 Å². The van der Waals surface area contributed by atoms with Gasteiger partial charge in [0.25, 0.3) is 5.56 Å². The lowest BCUT2D eigenvalue weighted by Crippen LogP contribution is -2.42. The molecule has 0 bridgehead atoms. The largest absolute Gasteiger partial charge is 0.448 e. The number of rotatable bonds is 6. The molecular formula is C24H26N4O3S. The van der Waals surface area contributed by atoms with E-state index in [0.29, 0.717) is 17.6 Å². The summed E-state index contributed by atoms with van der Waals surface area (Å²) in [5.74, 6) is 0.536. The van der Waals surface area contributed by atoms with Crippen molar-refractivity contribution in [3.05, 3.63) is 63.3 Å². The van der Waals surface area contributed by atoms with E-state index < -0.39 is 0 Å². The summed E-state index contributed by atoms with van der Waals surface area (Å²) in [6.45, 7) is 4.79. The zero-order valence-corrected chi connectivity index (χ0v) is 18.8. The first-order chi connectivity index (χ1) is 15.6. The molecule has 4 heterocycles. The van der Waals surface area contributed by atoms with Crippen molar-refractivity contribution >= 4 is 39.3 Å². The molecule has 0 unspecified atom stereocenters. The number of likely N-dealkylation sites (tertiary alicyclic amines) is 1. The number of furan rings is 1. The smallest absolute Gasteiger partial charge is 0.297 e. The highest BCUT2D eigenvalue weighted by molar-refractivity contribution is 7.10. The number of hydrogen-bond donors (Lipinski definition) is 1. The summed E-state index contributed by atoms with van der Waals surface area (Å²) < 4.78 is 7.02. The highest BCUT2D eigenvalue weighted by Gasteiger charge is 2.26. The van der Waals surface area contributed by atoms with Crippen molar-refractivity contribution in [1.82, 2.24) is 19.8 Å². The summed E-state index contributed by atoms with van der Waals surface area (Å²) in [6, 6.07) is 11.7. The molecule has 1 atom stereocenters. The van der Waals surface area contributed by atoms with Gasteiger partial charge in [0, 0.05) is 16.8 Å². The van der Waals surface area contributed by atoms with Gasteiger partial charge >= 0.3 is 0 Å². The highest BCUT2D eigenvalue weighted by atomic mass is 32.1. The van der Waals surface area contributed by atoms with E-state index in [1.807, 2.05) is 18.2 Å². The second-order valence-electron chi connectivity index (χ2n) is 8.51. The van der Waals surface area contributed by atoms with Crippen molar-refractivity contribution in [3.8, 4) is 0 Å². The average Bonchev–Trinajstić information content (AvgIpc) is 3.46. The maximum atomic E-state index is 12.9. The van der Waals surface area contributed by atoms with Gasteiger partial charge in [-0.2, -0.15) is 0 Å². The number of carbonyl (C=O) groups excluding carboxylic acids is 1. The van der Waals surface area contributed by atoms with Crippen molar-refractivity contribution in [2.75, 3.05) is 19.6 Å². The molecule has 32 heavy (non-hydrogen) atoms. The molecule has 1 aliphatic heterocycles. The Bertz CT molecular complexity index is 1290. The van der Waals surface area contributed by atoms with Gasteiger partial charge in [0.2, 0.25) is 11.5 Å². The molecule has 5 rings (SSSR count). The van der Waals surface area contributed by atoms with Crippen LogP contribution in [0.2, 0.25) is 0 Å². The second kappa shape index (κ2) is 8.88. The first-order valence-corrected chi connectivity index (χ1v) is 11.9. The van der Waals surface area contributed by atoms with Crippen LogP contribution in [0.15, 0.2) is 57.3 Å². The van der Waals surface area contributed by atoms with Gasteiger partial charge in [-0.1, -0.05) is 25.1 Å². The van der Waals surface area contributed by atoms with Crippen LogP contribution in [0.1, 0.15) is 30.7 Å². The molecule has 166 valence electrons. The molecule has 1 aliphatic rings. The van der Waals surface area contributed by atoms with Crippen LogP contribution in [-0.4, -0.2) is 40.0 Å². The SMILES string of the molecule is CC1CCN([C@@H](CNC(=O)Cn2cnc3c(oc4ccccc43)c2=O)c2cccs2)CC1. The van der Waals surface area contributed by atoms with Crippen molar-refractivity contribution in [3.63, 3.8) is 0 Å². The lowest BCUT2D eigenvalue weighted by atomic mass is 9.97. The average molecular weight is 451 g/mol. The normalized spacial score (nSPS) is 16.5. The summed E-state index contributed by atoms with van der Waals surface area (Å²) in [5, 5.41) is 5.91. The Labute approximate surface area is 189 Å². The summed E-state index contributed by atoms with van der Waals surface area (Å²) in [4.78, 5) is 33.7. The number of thiophene rings is 1. The molecule has 0 saturated carbocycles. The molecule has 3 aromatic heterocycles. The predicted molar refractivity (Wildman–Crippen MR) is 126 cm³/mol. The van der Waals surface area contributed by atoms with Gasteiger partial charge in [0.1, 0.15) is 17.6 Å². The van der Waals surface area contributed by atoms with Crippen molar-refractivity contribution in [2.24, 2.45) is 5.92 Å². The van der Waals surface area contributed by atoms with Gasteiger partial charge in [-0.05, 0) is 55.4 Å². The van der Waals surface area contributed by atoms with Gasteiger partial charge < -0.3 is 9.73 Å². The molecular weight excluding hydrogens is 424 g/mol. The van der Waals surface area contributed by atoms with Crippen LogP contribution in [0.4, 0.5) is 0 Å². The van der Waals surface area contributed by atoms with Gasteiger partial charge in [-0.15, -0.1) is 11.3 Å². The second-order valence-corrected chi connectivity index (χ2v) is 9.49. The van der Waals surface area contributed by atoms with E-state index in [4.69, 9.17) is 4.42 Å². The molecule has 1 saturated heterocycles. The number of hydrogen-bond acceptors (Lipinski definition) is 6. The molecule has 7 nitrogen and oxygen atoms in total. The van der Waals surface area contributed by atoms with E-state index in [9.17, 15) is 9.59 Å². The topological polar surface area (TPSA) is 80.4 Å². The van der Waals surface area contributed by atoms with E-state index in [-0.39, 0.29) is 29.6 Å². The maximum absolute atomic E-state index is 12.9. The minimum Gasteiger partial charge on any atom is -0.448 e. The minimum absolute atomic E-state index is 0.0903. The number of nitrogens with zero attached hydrogens (tertiary/aromatic N) is 3. The minimum atomic E-state index is -0.346. The number of aromatic nitrogens is 2. The summed E-state index contributed by atoms with van der Waals surface area (Å²) in [5.41, 5.74) is 0.977. The third-order valence-corrected chi connectivity index (χ3v) is 7.26. The first kappa shape index (κ1) is 20.9. The Morgan fingerprint density at radius 2 is 2.06 bits per heavy atom. The van der Waals surface area contributed by atoms with Gasteiger partial charge in [0.05, 0.1) is 12.4 Å². The molecule has 1 fully saturated rings. The molecule has 0 spiro atoms. The third-order valence-electron chi connectivity index (χ3n) is 6.29. The predicted octanol–water partition coefficient (Wildman–Crippen LogP) is 3.79. The quantitative estimate of drug-likeness (QED) is 0.483. The van der Waals surface area contributed by atoms with Crippen molar-refractivity contribution in [2.45, 2.75) is 32.4 Å². The highest BCUT2D eigenvalue weighted by Crippen LogP contribution is 2.29. The number of amides is 1. The van der Waals surface area contributed by atoms with Crippen molar-refractivity contribution < 1.29 is 9.21 Å². The monoisotopic (exact) mass is 450 g/mol. The van der Waals surface area contributed by atoms with Crippen LogP contribution in [0.3, 0.4) is 0 Å². The summed E-state index contributed by atoms with van der Waals surface area (Å²) in [6.07, 6.45) is 3.78. The zero-order valence-electron chi connectivity index (χ0n) is 18.0. The Hall–Kier alpha value is -2.97. The standard InChI is InChI=1S/C24H26N4O3S/c1-16-8-10-27(11-9-16)18(20-7-4-12-32-20)13-25-21(29)14-28-15-26-22-17-5-2-3-6-19(17)31-23(22)24(28)30/h2-7,12,15-16,18H,8-11,13-14H2,1H3,(H,25,29)/t18-/m0/s1. The zero-order chi connectivity index (χ0) is 22.1. The number of piperidine rings is 1. The molecule has 8 heteroatoms. The van der Waals surface area contributed by atoms with Gasteiger partial charge in [-0.25, -0.2) is 4.98 Å². The number of fused-ring (bicyclic) bond motifs is 3. The van der Waals surface area contributed by atoms with Crippen molar-refractivity contribution in [1.29, 1.82) is 0 Å². The Morgan fingerprint density at radius 1 is 1.25 bits per heavy atom. The number of carbonyl (C=O) groups is 1. The van der Waals surface area contributed by atoms with Crippen LogP contribution in [0.5, 0.6) is 0 Å². The van der Waals surface area contributed by atoms with Crippen LogP contribution < -0.4 is 10.9 Å². The van der Waals surface area contributed by atoms with Crippen LogP contribution in [0.25, 0.3) is 22.1 Å². The molecule has 1 aromatic carbocycles. The third kappa shape index (κ3) is 4.08.